The summed E-state index contributed by atoms with van der Waals surface area (Å²) in [5.41, 5.74) is 1.85. The molecule has 0 saturated carbocycles. The minimum atomic E-state index is -0.289. The highest BCUT2D eigenvalue weighted by molar-refractivity contribution is 7.99. The first kappa shape index (κ1) is 21.5. The second kappa shape index (κ2) is 10.1. The van der Waals surface area contributed by atoms with Crippen LogP contribution in [-0.4, -0.2) is 44.4 Å². The van der Waals surface area contributed by atoms with Gasteiger partial charge in [0.05, 0.1) is 18.3 Å². The Hall–Kier alpha value is -2.71. The van der Waals surface area contributed by atoms with Gasteiger partial charge in [-0.2, -0.15) is 0 Å². The van der Waals surface area contributed by atoms with Crippen LogP contribution in [0.2, 0.25) is 0 Å². The van der Waals surface area contributed by atoms with Gasteiger partial charge in [0.1, 0.15) is 5.82 Å². The number of thioether (sulfide) groups is 1. The molecule has 1 saturated heterocycles. The van der Waals surface area contributed by atoms with Crippen LogP contribution < -0.4 is 5.32 Å². The van der Waals surface area contributed by atoms with Crippen molar-refractivity contribution in [3.05, 3.63) is 71.8 Å². The van der Waals surface area contributed by atoms with Crippen LogP contribution in [0.1, 0.15) is 37.2 Å². The van der Waals surface area contributed by atoms with Gasteiger partial charge in [0.25, 0.3) is 0 Å². The Morgan fingerprint density at radius 3 is 2.52 bits per heavy atom. The number of amides is 1. The summed E-state index contributed by atoms with van der Waals surface area (Å²) in [5.74, 6) is 0.712. The molecule has 1 aliphatic rings. The summed E-state index contributed by atoms with van der Waals surface area (Å²) in [6.45, 7) is 4.79. The topological polar surface area (TPSA) is 63.1 Å². The molecule has 2 aromatic carbocycles. The lowest BCUT2D eigenvalue weighted by molar-refractivity contribution is -0.119. The second-order valence-electron chi connectivity index (χ2n) is 7.68. The number of likely N-dealkylation sites (tertiary alicyclic amines) is 1. The van der Waals surface area contributed by atoms with Gasteiger partial charge in [-0.15, -0.1) is 10.2 Å². The van der Waals surface area contributed by atoms with E-state index in [0.29, 0.717) is 5.16 Å². The quantitative estimate of drug-likeness (QED) is 0.538. The van der Waals surface area contributed by atoms with Crippen molar-refractivity contribution in [3.8, 4) is 5.69 Å². The number of rotatable bonds is 8. The minimum absolute atomic E-state index is 0.106. The molecule has 0 aliphatic carbocycles. The molecule has 1 N–H and O–H groups in total. The Bertz CT molecular complexity index is 1000. The predicted octanol–water partition coefficient (Wildman–Crippen LogP) is 3.97. The zero-order valence-corrected chi connectivity index (χ0v) is 18.3. The summed E-state index contributed by atoms with van der Waals surface area (Å²) >= 11 is 1.37. The molecular weight excluding hydrogens is 413 g/mol. The van der Waals surface area contributed by atoms with Crippen LogP contribution in [-0.2, 0) is 11.3 Å². The van der Waals surface area contributed by atoms with Crippen LogP contribution in [0, 0.1) is 5.82 Å². The predicted molar refractivity (Wildman–Crippen MR) is 120 cm³/mol. The third kappa shape index (κ3) is 5.51. The Kier molecular flexibility index (Phi) is 6.99. The van der Waals surface area contributed by atoms with Gasteiger partial charge in [-0.05, 0) is 62.7 Å². The maximum absolute atomic E-state index is 13.1. The van der Waals surface area contributed by atoms with Crippen molar-refractivity contribution < 1.29 is 9.18 Å². The number of carbonyl (C=O) groups excluding carboxylic acids is 1. The molecule has 0 radical (unpaired) electrons. The third-order valence-corrected chi connectivity index (χ3v) is 6.29. The molecule has 3 aromatic rings. The van der Waals surface area contributed by atoms with Gasteiger partial charge >= 0.3 is 0 Å². The van der Waals surface area contributed by atoms with E-state index in [2.05, 4.69) is 20.4 Å². The van der Waals surface area contributed by atoms with Crippen molar-refractivity contribution >= 4 is 17.7 Å². The maximum Gasteiger partial charge on any atom is 0.230 e. The Balaban J connectivity index is 1.44. The molecule has 1 fully saturated rings. The van der Waals surface area contributed by atoms with Crippen LogP contribution in [0.25, 0.3) is 5.69 Å². The van der Waals surface area contributed by atoms with E-state index >= 15 is 0 Å². The number of halogens is 1. The van der Waals surface area contributed by atoms with Gasteiger partial charge in [-0.3, -0.25) is 14.3 Å². The number of hydrogen-bond acceptors (Lipinski definition) is 5. The van der Waals surface area contributed by atoms with Crippen LogP contribution in [0.15, 0.2) is 59.8 Å². The molecule has 0 spiro atoms. The Morgan fingerprint density at radius 1 is 1.10 bits per heavy atom. The SMILES string of the molecule is C[C@H](NC(=O)CSc1nnc(CN2CCCC2)n1-c1ccccc1)c1ccc(F)cc1. The Morgan fingerprint density at radius 2 is 1.81 bits per heavy atom. The molecule has 1 atom stereocenters. The molecule has 31 heavy (non-hydrogen) atoms. The summed E-state index contributed by atoms with van der Waals surface area (Å²) < 4.78 is 15.2. The summed E-state index contributed by atoms with van der Waals surface area (Å²) in [5, 5.41) is 12.5. The minimum Gasteiger partial charge on any atom is -0.349 e. The molecule has 0 unspecified atom stereocenters. The van der Waals surface area contributed by atoms with E-state index < -0.39 is 0 Å². The third-order valence-electron chi connectivity index (χ3n) is 5.36. The first-order valence-electron chi connectivity index (χ1n) is 10.5. The van der Waals surface area contributed by atoms with Gasteiger partial charge in [0.2, 0.25) is 5.91 Å². The zero-order chi connectivity index (χ0) is 21.6. The second-order valence-corrected chi connectivity index (χ2v) is 8.62. The number of nitrogens with zero attached hydrogens (tertiary/aromatic N) is 4. The van der Waals surface area contributed by atoms with Gasteiger partial charge in [-0.25, -0.2) is 4.39 Å². The average molecular weight is 440 g/mol. The van der Waals surface area contributed by atoms with E-state index in [1.165, 1.54) is 36.7 Å². The van der Waals surface area contributed by atoms with E-state index in [-0.39, 0.29) is 23.5 Å². The smallest absolute Gasteiger partial charge is 0.230 e. The molecule has 2 heterocycles. The van der Waals surface area contributed by atoms with Crippen molar-refractivity contribution in [2.75, 3.05) is 18.8 Å². The number of para-hydroxylation sites is 1. The van der Waals surface area contributed by atoms with Crippen molar-refractivity contribution in [2.24, 2.45) is 0 Å². The lowest BCUT2D eigenvalue weighted by atomic mass is 10.1. The standard InChI is InChI=1S/C23H26FN5OS/c1-17(18-9-11-19(24)12-10-18)25-22(30)16-31-23-27-26-21(15-28-13-5-6-14-28)29(23)20-7-3-2-4-8-20/h2-4,7-12,17H,5-6,13-16H2,1H3,(H,25,30)/t17-/m0/s1. The van der Waals surface area contributed by atoms with Gasteiger partial charge in [0, 0.05) is 5.69 Å². The van der Waals surface area contributed by atoms with E-state index in [4.69, 9.17) is 0 Å². The summed E-state index contributed by atoms with van der Waals surface area (Å²) in [7, 11) is 0. The van der Waals surface area contributed by atoms with Gasteiger partial charge in [-0.1, -0.05) is 42.1 Å². The Labute approximate surface area is 185 Å². The fraction of sp³-hybridized carbons (Fsp3) is 0.348. The van der Waals surface area contributed by atoms with Crippen LogP contribution in [0.4, 0.5) is 4.39 Å². The first-order valence-corrected chi connectivity index (χ1v) is 11.5. The van der Waals surface area contributed by atoms with Crippen LogP contribution in [0.3, 0.4) is 0 Å². The normalized spacial score (nSPS) is 15.2. The van der Waals surface area contributed by atoms with E-state index in [9.17, 15) is 9.18 Å². The largest absolute Gasteiger partial charge is 0.349 e. The van der Waals surface area contributed by atoms with E-state index in [1.54, 1.807) is 12.1 Å². The molecule has 4 rings (SSSR count). The number of carbonyl (C=O) groups is 1. The van der Waals surface area contributed by atoms with Crippen molar-refractivity contribution in [3.63, 3.8) is 0 Å². The first-order chi connectivity index (χ1) is 15.1. The maximum atomic E-state index is 13.1. The molecule has 1 amide bonds. The highest BCUT2D eigenvalue weighted by atomic mass is 32.2. The molecule has 1 aliphatic heterocycles. The summed E-state index contributed by atoms with van der Waals surface area (Å²) in [6.07, 6.45) is 2.43. The number of hydrogen-bond donors (Lipinski definition) is 1. The van der Waals surface area contributed by atoms with Crippen molar-refractivity contribution in [2.45, 2.75) is 37.5 Å². The fourth-order valence-corrected chi connectivity index (χ4v) is 4.50. The summed E-state index contributed by atoms with van der Waals surface area (Å²) in [6, 6.07) is 16.0. The average Bonchev–Trinajstić information content (AvgIpc) is 3.43. The monoisotopic (exact) mass is 439 g/mol. The van der Waals surface area contributed by atoms with Crippen molar-refractivity contribution in [1.29, 1.82) is 0 Å². The highest BCUT2D eigenvalue weighted by Crippen LogP contribution is 2.24. The lowest BCUT2D eigenvalue weighted by Gasteiger charge is -2.16. The van der Waals surface area contributed by atoms with Crippen LogP contribution >= 0.6 is 11.8 Å². The molecule has 162 valence electrons. The van der Waals surface area contributed by atoms with Crippen LogP contribution in [0.5, 0.6) is 0 Å². The zero-order valence-electron chi connectivity index (χ0n) is 17.5. The lowest BCUT2D eigenvalue weighted by Crippen LogP contribution is -2.28. The van der Waals surface area contributed by atoms with Gasteiger partial charge in [0.15, 0.2) is 11.0 Å². The van der Waals surface area contributed by atoms with Gasteiger partial charge < -0.3 is 5.32 Å². The molecular formula is C23H26FN5OS. The number of benzene rings is 2. The molecule has 0 bridgehead atoms. The van der Waals surface area contributed by atoms with E-state index in [1.807, 2.05) is 41.8 Å². The highest BCUT2D eigenvalue weighted by Gasteiger charge is 2.20. The summed E-state index contributed by atoms with van der Waals surface area (Å²) in [4.78, 5) is 14.9. The van der Waals surface area contributed by atoms with E-state index in [0.717, 1.165) is 36.7 Å². The molecule has 1 aromatic heterocycles. The van der Waals surface area contributed by atoms with Crippen molar-refractivity contribution in [1.82, 2.24) is 25.0 Å². The molecule has 8 heteroatoms. The number of aromatic nitrogens is 3. The number of nitrogens with one attached hydrogen (secondary N) is 1. The molecule has 6 nitrogen and oxygen atoms in total. The fourth-order valence-electron chi connectivity index (χ4n) is 3.72.